The smallest absolute Gasteiger partial charge is 0.233 e. The van der Waals surface area contributed by atoms with Crippen LogP contribution >= 0.6 is 11.3 Å². The second-order valence-electron chi connectivity index (χ2n) is 7.49. The molecule has 1 amide bonds. The van der Waals surface area contributed by atoms with Gasteiger partial charge in [-0.15, -0.1) is 11.3 Å². The third kappa shape index (κ3) is 4.59. The Balaban J connectivity index is 1.38. The molecule has 1 saturated carbocycles. The fraction of sp³-hybridized carbons (Fsp3) is 0.304. The number of pyridine rings is 1. The fourth-order valence-electron chi connectivity index (χ4n) is 3.67. The molecule has 2 heterocycles. The SMILES string of the molecule is C[C@H](C(=O)Nc1nc(-c2cccnc2)cs1)c1ccc(C[C@@H]2CCCC2=O)cc1. The van der Waals surface area contributed by atoms with E-state index in [4.69, 9.17) is 0 Å². The second kappa shape index (κ2) is 8.66. The van der Waals surface area contributed by atoms with E-state index in [1.165, 1.54) is 11.3 Å². The Hall–Kier alpha value is -2.86. The van der Waals surface area contributed by atoms with Crippen molar-refractivity contribution in [2.75, 3.05) is 5.32 Å². The summed E-state index contributed by atoms with van der Waals surface area (Å²) in [5, 5.41) is 5.41. The van der Waals surface area contributed by atoms with Crippen molar-refractivity contribution in [1.82, 2.24) is 9.97 Å². The van der Waals surface area contributed by atoms with Gasteiger partial charge in [0.15, 0.2) is 5.13 Å². The number of carbonyl (C=O) groups is 2. The molecule has 0 spiro atoms. The van der Waals surface area contributed by atoms with Crippen LogP contribution in [0.4, 0.5) is 5.13 Å². The molecule has 5 nitrogen and oxygen atoms in total. The number of nitrogens with one attached hydrogen (secondary N) is 1. The molecule has 1 fully saturated rings. The van der Waals surface area contributed by atoms with E-state index in [1.54, 1.807) is 12.4 Å². The van der Waals surface area contributed by atoms with Crippen LogP contribution in [0.15, 0.2) is 54.2 Å². The lowest BCUT2D eigenvalue weighted by molar-refractivity contribution is -0.120. The van der Waals surface area contributed by atoms with Gasteiger partial charge in [0.05, 0.1) is 11.6 Å². The maximum Gasteiger partial charge on any atom is 0.233 e. The number of hydrogen-bond donors (Lipinski definition) is 1. The van der Waals surface area contributed by atoms with Crippen molar-refractivity contribution in [2.24, 2.45) is 5.92 Å². The van der Waals surface area contributed by atoms with Gasteiger partial charge in [0.25, 0.3) is 0 Å². The maximum atomic E-state index is 12.7. The van der Waals surface area contributed by atoms with E-state index in [9.17, 15) is 9.59 Å². The Labute approximate surface area is 174 Å². The van der Waals surface area contributed by atoms with Crippen molar-refractivity contribution < 1.29 is 9.59 Å². The van der Waals surface area contributed by atoms with Gasteiger partial charge in [-0.2, -0.15) is 0 Å². The van der Waals surface area contributed by atoms with Crippen LogP contribution in [0.2, 0.25) is 0 Å². The number of anilines is 1. The first-order valence-corrected chi connectivity index (χ1v) is 10.8. The Kier molecular flexibility index (Phi) is 5.81. The van der Waals surface area contributed by atoms with Crippen molar-refractivity contribution in [3.05, 3.63) is 65.3 Å². The molecule has 4 rings (SSSR count). The lowest BCUT2D eigenvalue weighted by atomic mass is 9.94. The molecule has 1 aromatic carbocycles. The van der Waals surface area contributed by atoms with Gasteiger partial charge in [0.1, 0.15) is 5.78 Å². The minimum atomic E-state index is -0.289. The van der Waals surface area contributed by atoms with Crippen LogP contribution < -0.4 is 5.32 Å². The van der Waals surface area contributed by atoms with E-state index in [0.29, 0.717) is 10.9 Å². The summed E-state index contributed by atoms with van der Waals surface area (Å²) in [5.74, 6) is 0.176. The van der Waals surface area contributed by atoms with Crippen LogP contribution in [-0.4, -0.2) is 21.7 Å². The molecule has 2 aromatic heterocycles. The van der Waals surface area contributed by atoms with Gasteiger partial charge in [-0.3, -0.25) is 14.6 Å². The highest BCUT2D eigenvalue weighted by atomic mass is 32.1. The van der Waals surface area contributed by atoms with Gasteiger partial charge >= 0.3 is 0 Å². The molecule has 29 heavy (non-hydrogen) atoms. The summed E-state index contributed by atoms with van der Waals surface area (Å²) < 4.78 is 0. The average molecular weight is 406 g/mol. The highest BCUT2D eigenvalue weighted by molar-refractivity contribution is 7.14. The van der Waals surface area contributed by atoms with Crippen molar-refractivity contribution in [1.29, 1.82) is 0 Å². The maximum absolute atomic E-state index is 12.7. The molecule has 3 aromatic rings. The minimum Gasteiger partial charge on any atom is -0.301 e. The molecule has 1 aliphatic carbocycles. The quantitative estimate of drug-likeness (QED) is 0.636. The van der Waals surface area contributed by atoms with Crippen molar-refractivity contribution in [2.45, 2.75) is 38.5 Å². The monoisotopic (exact) mass is 405 g/mol. The highest BCUT2D eigenvalue weighted by Crippen LogP contribution is 2.27. The Morgan fingerprint density at radius 3 is 2.79 bits per heavy atom. The van der Waals surface area contributed by atoms with E-state index in [2.05, 4.69) is 15.3 Å². The third-order valence-corrected chi connectivity index (χ3v) is 6.24. The molecule has 0 aliphatic heterocycles. The Morgan fingerprint density at radius 1 is 1.28 bits per heavy atom. The molecule has 148 valence electrons. The average Bonchev–Trinajstić information content (AvgIpc) is 3.38. The van der Waals surface area contributed by atoms with Crippen LogP contribution in [0.1, 0.15) is 43.2 Å². The number of amides is 1. The molecule has 0 radical (unpaired) electrons. The molecule has 0 saturated heterocycles. The molecule has 0 unspecified atom stereocenters. The first-order valence-electron chi connectivity index (χ1n) is 9.88. The molecule has 2 atom stereocenters. The summed E-state index contributed by atoms with van der Waals surface area (Å²) >= 11 is 1.40. The van der Waals surface area contributed by atoms with Crippen LogP contribution in [0.25, 0.3) is 11.3 Å². The van der Waals surface area contributed by atoms with Gasteiger partial charge in [-0.25, -0.2) is 4.98 Å². The number of benzene rings is 1. The number of ketones is 1. The number of nitrogens with zero attached hydrogens (tertiary/aromatic N) is 2. The summed E-state index contributed by atoms with van der Waals surface area (Å²) in [5.41, 5.74) is 3.83. The lowest BCUT2D eigenvalue weighted by Crippen LogP contribution is -2.18. The first-order chi connectivity index (χ1) is 14.1. The number of rotatable bonds is 6. The number of aromatic nitrogens is 2. The van der Waals surface area contributed by atoms with E-state index in [0.717, 1.165) is 48.1 Å². The molecular formula is C23H23N3O2S. The zero-order valence-electron chi connectivity index (χ0n) is 16.3. The van der Waals surface area contributed by atoms with Gasteiger partial charge in [-0.05, 0) is 49.4 Å². The number of hydrogen-bond acceptors (Lipinski definition) is 5. The zero-order valence-corrected chi connectivity index (χ0v) is 17.1. The van der Waals surface area contributed by atoms with Crippen molar-refractivity contribution in [3.63, 3.8) is 0 Å². The normalized spacial score (nSPS) is 17.3. The minimum absolute atomic E-state index is 0.0872. The van der Waals surface area contributed by atoms with Crippen LogP contribution in [0.5, 0.6) is 0 Å². The number of Topliss-reactive ketones (excluding diaryl/α,β-unsaturated/α-hetero) is 1. The summed E-state index contributed by atoms with van der Waals surface area (Å²) in [6.45, 7) is 1.89. The molecule has 1 N–H and O–H groups in total. The predicted octanol–water partition coefficient (Wildman–Crippen LogP) is 4.86. The topological polar surface area (TPSA) is 72.0 Å². The Morgan fingerprint density at radius 2 is 2.10 bits per heavy atom. The van der Waals surface area contributed by atoms with E-state index < -0.39 is 0 Å². The highest BCUT2D eigenvalue weighted by Gasteiger charge is 2.24. The van der Waals surface area contributed by atoms with Gasteiger partial charge in [0.2, 0.25) is 5.91 Å². The summed E-state index contributed by atoms with van der Waals surface area (Å²) in [6, 6.07) is 11.9. The lowest BCUT2D eigenvalue weighted by Gasteiger charge is -2.13. The molecular weight excluding hydrogens is 382 g/mol. The Bertz CT molecular complexity index is 998. The van der Waals surface area contributed by atoms with Crippen molar-refractivity contribution in [3.8, 4) is 11.3 Å². The standard InChI is InChI=1S/C23H23N3O2S/c1-15(17-9-7-16(8-10-17)12-18-4-2-6-21(18)27)22(28)26-23-25-20(14-29-23)19-5-3-11-24-13-19/h3,5,7-11,13-15,18H,2,4,6,12H2,1H3,(H,25,26,28)/t15-,18-/m0/s1. The summed E-state index contributed by atoms with van der Waals surface area (Å²) in [6.07, 6.45) is 7.00. The number of thiazole rings is 1. The molecule has 1 aliphatic rings. The first kappa shape index (κ1) is 19.5. The van der Waals surface area contributed by atoms with Crippen LogP contribution in [0.3, 0.4) is 0 Å². The van der Waals surface area contributed by atoms with Gasteiger partial charge < -0.3 is 5.32 Å². The largest absolute Gasteiger partial charge is 0.301 e. The zero-order chi connectivity index (χ0) is 20.2. The molecule has 6 heteroatoms. The second-order valence-corrected chi connectivity index (χ2v) is 8.35. The van der Waals surface area contributed by atoms with Crippen LogP contribution in [-0.2, 0) is 16.0 Å². The van der Waals surface area contributed by atoms with Gasteiger partial charge in [-0.1, -0.05) is 24.3 Å². The van der Waals surface area contributed by atoms with Gasteiger partial charge in [0, 0.05) is 35.7 Å². The van der Waals surface area contributed by atoms with Crippen LogP contribution in [0, 0.1) is 5.92 Å². The number of carbonyl (C=O) groups excluding carboxylic acids is 2. The predicted molar refractivity (Wildman–Crippen MR) is 115 cm³/mol. The van der Waals surface area contributed by atoms with E-state index >= 15 is 0 Å². The van der Waals surface area contributed by atoms with E-state index in [-0.39, 0.29) is 17.7 Å². The third-order valence-electron chi connectivity index (χ3n) is 5.48. The summed E-state index contributed by atoms with van der Waals surface area (Å²) in [4.78, 5) is 33.1. The summed E-state index contributed by atoms with van der Waals surface area (Å²) in [7, 11) is 0. The van der Waals surface area contributed by atoms with E-state index in [1.807, 2.05) is 48.7 Å². The molecule has 0 bridgehead atoms. The fourth-order valence-corrected chi connectivity index (χ4v) is 4.40. The van der Waals surface area contributed by atoms with Crippen molar-refractivity contribution >= 4 is 28.2 Å².